The molecule has 116 valence electrons. The monoisotopic (exact) mass is 355 g/mol. The Hall–Kier alpha value is -0.780. The number of hydrogen-bond donors (Lipinski definition) is 1. The highest BCUT2D eigenvalue weighted by molar-refractivity contribution is 9.10. The normalized spacial score (nSPS) is 22.9. The SMILES string of the molecule is CNC(CC1CCCO1)c1cc2c(cc1Br)OCCCO2. The lowest BCUT2D eigenvalue weighted by Crippen LogP contribution is -2.22. The average Bonchev–Trinajstić information content (AvgIpc) is 2.89. The summed E-state index contributed by atoms with van der Waals surface area (Å²) < 4.78 is 18.4. The standard InChI is InChI=1S/C16H22BrNO3/c1-18-14(8-11-4-2-5-19-11)12-9-15-16(10-13(12)17)21-7-3-6-20-15/h9-11,14,18H,2-8H2,1H3. The van der Waals surface area contributed by atoms with Gasteiger partial charge in [-0.1, -0.05) is 15.9 Å². The van der Waals surface area contributed by atoms with E-state index in [1.807, 2.05) is 13.1 Å². The molecule has 0 radical (unpaired) electrons. The van der Waals surface area contributed by atoms with Crippen LogP contribution in [0, 0.1) is 0 Å². The van der Waals surface area contributed by atoms with Crippen LogP contribution in [0.4, 0.5) is 0 Å². The minimum atomic E-state index is 0.250. The predicted molar refractivity (Wildman–Crippen MR) is 85.1 cm³/mol. The molecule has 1 fully saturated rings. The zero-order chi connectivity index (χ0) is 14.7. The Labute approximate surface area is 134 Å². The molecule has 1 aromatic carbocycles. The van der Waals surface area contributed by atoms with Gasteiger partial charge < -0.3 is 19.5 Å². The van der Waals surface area contributed by atoms with Gasteiger partial charge in [-0.3, -0.25) is 0 Å². The first-order valence-corrected chi connectivity index (χ1v) is 8.45. The number of fused-ring (bicyclic) bond motifs is 1. The molecule has 1 saturated heterocycles. The summed E-state index contributed by atoms with van der Waals surface area (Å²) in [5.41, 5.74) is 1.21. The first kappa shape index (κ1) is 15.1. The zero-order valence-corrected chi connectivity index (χ0v) is 13.9. The summed E-state index contributed by atoms with van der Waals surface area (Å²) in [6.45, 7) is 2.32. The predicted octanol–water partition coefficient (Wildman–Crippen LogP) is 3.44. The maximum Gasteiger partial charge on any atom is 0.162 e. The van der Waals surface area contributed by atoms with Gasteiger partial charge in [-0.25, -0.2) is 0 Å². The molecule has 2 atom stereocenters. The van der Waals surface area contributed by atoms with E-state index in [4.69, 9.17) is 14.2 Å². The van der Waals surface area contributed by atoms with Crippen LogP contribution in [-0.4, -0.2) is 33.0 Å². The van der Waals surface area contributed by atoms with Crippen LogP contribution in [-0.2, 0) is 4.74 Å². The molecule has 0 aromatic heterocycles. The molecule has 1 N–H and O–H groups in total. The van der Waals surface area contributed by atoms with E-state index in [0.717, 1.165) is 41.8 Å². The Morgan fingerprint density at radius 1 is 1.19 bits per heavy atom. The van der Waals surface area contributed by atoms with Gasteiger partial charge in [-0.2, -0.15) is 0 Å². The molecule has 5 heteroatoms. The Morgan fingerprint density at radius 2 is 1.95 bits per heavy atom. The van der Waals surface area contributed by atoms with Crippen LogP contribution in [0.15, 0.2) is 16.6 Å². The summed E-state index contributed by atoms with van der Waals surface area (Å²) in [7, 11) is 2.00. The molecule has 2 heterocycles. The van der Waals surface area contributed by atoms with E-state index >= 15 is 0 Å². The Balaban J connectivity index is 1.83. The molecule has 3 rings (SSSR count). The van der Waals surface area contributed by atoms with Gasteiger partial charge in [0.05, 0.1) is 19.3 Å². The van der Waals surface area contributed by atoms with E-state index in [1.165, 1.54) is 12.0 Å². The van der Waals surface area contributed by atoms with Crippen LogP contribution < -0.4 is 14.8 Å². The van der Waals surface area contributed by atoms with E-state index in [2.05, 4.69) is 27.3 Å². The van der Waals surface area contributed by atoms with E-state index in [-0.39, 0.29) is 6.04 Å². The third-order valence-corrected chi connectivity index (χ3v) is 4.80. The minimum absolute atomic E-state index is 0.250. The highest BCUT2D eigenvalue weighted by atomic mass is 79.9. The lowest BCUT2D eigenvalue weighted by molar-refractivity contribution is 0.0953. The molecule has 2 aliphatic rings. The van der Waals surface area contributed by atoms with Crippen molar-refractivity contribution in [3.63, 3.8) is 0 Å². The fourth-order valence-corrected chi connectivity index (χ4v) is 3.56. The number of nitrogens with one attached hydrogen (secondary N) is 1. The Bertz CT molecular complexity index is 489. The van der Waals surface area contributed by atoms with Gasteiger partial charge >= 0.3 is 0 Å². The molecule has 1 aromatic rings. The Morgan fingerprint density at radius 3 is 2.62 bits per heavy atom. The molecule has 21 heavy (non-hydrogen) atoms. The number of halogens is 1. The van der Waals surface area contributed by atoms with E-state index < -0.39 is 0 Å². The van der Waals surface area contributed by atoms with Crippen molar-refractivity contribution in [2.24, 2.45) is 0 Å². The van der Waals surface area contributed by atoms with Crippen molar-refractivity contribution in [3.05, 3.63) is 22.2 Å². The van der Waals surface area contributed by atoms with Gasteiger partial charge in [-0.05, 0) is 44.0 Å². The largest absolute Gasteiger partial charge is 0.490 e. The number of benzene rings is 1. The summed E-state index contributed by atoms with van der Waals surface area (Å²) in [6.07, 6.45) is 4.58. The van der Waals surface area contributed by atoms with Crippen molar-refractivity contribution in [1.82, 2.24) is 5.32 Å². The quantitative estimate of drug-likeness (QED) is 0.897. The minimum Gasteiger partial charge on any atom is -0.490 e. The van der Waals surface area contributed by atoms with Crippen molar-refractivity contribution in [2.45, 2.75) is 37.8 Å². The lowest BCUT2D eigenvalue weighted by atomic mass is 9.99. The fourth-order valence-electron chi connectivity index (χ4n) is 2.96. The third kappa shape index (κ3) is 3.52. The van der Waals surface area contributed by atoms with Crippen molar-refractivity contribution in [3.8, 4) is 11.5 Å². The zero-order valence-electron chi connectivity index (χ0n) is 12.4. The second kappa shape index (κ2) is 6.99. The fraction of sp³-hybridized carbons (Fsp3) is 0.625. The molecule has 0 spiro atoms. The maximum absolute atomic E-state index is 5.80. The van der Waals surface area contributed by atoms with Gasteiger partial charge in [0, 0.05) is 23.5 Å². The summed E-state index contributed by atoms with van der Waals surface area (Å²) in [4.78, 5) is 0. The number of rotatable bonds is 4. The van der Waals surface area contributed by atoms with Crippen LogP contribution in [0.3, 0.4) is 0 Å². The molecular weight excluding hydrogens is 334 g/mol. The third-order valence-electron chi connectivity index (χ3n) is 4.11. The highest BCUT2D eigenvalue weighted by Crippen LogP contribution is 2.39. The molecule has 0 aliphatic carbocycles. The van der Waals surface area contributed by atoms with E-state index in [0.29, 0.717) is 19.3 Å². The lowest BCUT2D eigenvalue weighted by Gasteiger charge is -2.22. The van der Waals surface area contributed by atoms with E-state index in [1.54, 1.807) is 0 Å². The van der Waals surface area contributed by atoms with Gasteiger partial charge in [0.25, 0.3) is 0 Å². The topological polar surface area (TPSA) is 39.7 Å². The van der Waals surface area contributed by atoms with Gasteiger partial charge in [0.15, 0.2) is 11.5 Å². The molecule has 2 aliphatic heterocycles. The van der Waals surface area contributed by atoms with Crippen molar-refractivity contribution >= 4 is 15.9 Å². The second-order valence-corrected chi connectivity index (χ2v) is 6.44. The molecule has 0 bridgehead atoms. The molecule has 4 nitrogen and oxygen atoms in total. The first-order valence-electron chi connectivity index (χ1n) is 7.66. The van der Waals surface area contributed by atoms with Gasteiger partial charge in [0.1, 0.15) is 0 Å². The second-order valence-electron chi connectivity index (χ2n) is 5.58. The van der Waals surface area contributed by atoms with Crippen LogP contribution in [0.25, 0.3) is 0 Å². The summed E-state index contributed by atoms with van der Waals surface area (Å²) in [6, 6.07) is 4.37. The van der Waals surface area contributed by atoms with Crippen molar-refractivity contribution in [1.29, 1.82) is 0 Å². The van der Waals surface area contributed by atoms with Crippen LogP contribution in [0.1, 0.15) is 37.3 Å². The van der Waals surface area contributed by atoms with Gasteiger partial charge in [0.2, 0.25) is 0 Å². The highest BCUT2D eigenvalue weighted by Gasteiger charge is 2.24. The maximum atomic E-state index is 5.80. The molecule has 0 amide bonds. The summed E-state index contributed by atoms with van der Waals surface area (Å²) >= 11 is 3.68. The molecular formula is C16H22BrNO3. The van der Waals surface area contributed by atoms with E-state index in [9.17, 15) is 0 Å². The summed E-state index contributed by atoms with van der Waals surface area (Å²) in [5.74, 6) is 1.67. The number of ether oxygens (including phenoxy) is 3. The van der Waals surface area contributed by atoms with Crippen LogP contribution in [0.2, 0.25) is 0 Å². The smallest absolute Gasteiger partial charge is 0.162 e. The Kier molecular flexibility index (Phi) is 5.03. The van der Waals surface area contributed by atoms with Crippen molar-refractivity contribution < 1.29 is 14.2 Å². The van der Waals surface area contributed by atoms with Gasteiger partial charge in [-0.15, -0.1) is 0 Å². The number of hydrogen-bond acceptors (Lipinski definition) is 4. The molecule has 0 saturated carbocycles. The van der Waals surface area contributed by atoms with Crippen molar-refractivity contribution in [2.75, 3.05) is 26.9 Å². The molecule has 2 unspecified atom stereocenters. The van der Waals surface area contributed by atoms with Crippen LogP contribution in [0.5, 0.6) is 11.5 Å². The first-order chi connectivity index (χ1) is 10.3. The average molecular weight is 356 g/mol. The summed E-state index contributed by atoms with van der Waals surface area (Å²) in [5, 5.41) is 3.40. The van der Waals surface area contributed by atoms with Crippen LogP contribution >= 0.6 is 15.9 Å².